The van der Waals surface area contributed by atoms with E-state index in [0.717, 1.165) is 29.0 Å². The van der Waals surface area contributed by atoms with E-state index in [9.17, 15) is 4.79 Å². The first-order valence-corrected chi connectivity index (χ1v) is 10.2. The zero-order valence-electron chi connectivity index (χ0n) is 18.3. The molecule has 164 valence electrons. The molecular formula is C23H25N7O2. The molecule has 9 heteroatoms. The molecule has 0 atom stereocenters. The van der Waals surface area contributed by atoms with Crippen molar-refractivity contribution in [1.82, 2.24) is 29.5 Å². The van der Waals surface area contributed by atoms with Gasteiger partial charge in [-0.1, -0.05) is 18.2 Å². The second-order valence-electron chi connectivity index (χ2n) is 7.50. The number of likely N-dealkylation sites (N-methyl/N-ethyl adjacent to an activating group) is 1. The molecule has 0 aliphatic heterocycles. The van der Waals surface area contributed by atoms with E-state index < -0.39 is 0 Å². The van der Waals surface area contributed by atoms with Crippen molar-refractivity contribution in [2.75, 3.05) is 32.2 Å². The van der Waals surface area contributed by atoms with Crippen molar-refractivity contribution in [3.8, 4) is 17.1 Å². The van der Waals surface area contributed by atoms with E-state index in [4.69, 9.17) is 4.74 Å². The maximum Gasteiger partial charge on any atom is 0.203 e. The Morgan fingerprint density at radius 1 is 1.12 bits per heavy atom. The van der Waals surface area contributed by atoms with Crippen molar-refractivity contribution >= 4 is 5.69 Å². The number of aromatic nitrogens is 6. The lowest BCUT2D eigenvalue weighted by molar-refractivity contribution is 0.206. The first kappa shape index (κ1) is 21.4. The number of hydrogen-bond donors (Lipinski definition) is 0. The normalized spacial score (nSPS) is 11.0. The minimum absolute atomic E-state index is 0.102. The highest BCUT2D eigenvalue weighted by atomic mass is 16.5. The van der Waals surface area contributed by atoms with Gasteiger partial charge in [-0.05, 0) is 11.6 Å². The first-order chi connectivity index (χ1) is 15.5. The van der Waals surface area contributed by atoms with Crippen LogP contribution in [-0.2, 0) is 18.2 Å². The third kappa shape index (κ3) is 4.89. The maximum atomic E-state index is 12.4. The Bertz CT molecular complexity index is 1250. The molecule has 3 aromatic heterocycles. The summed E-state index contributed by atoms with van der Waals surface area (Å²) in [7, 11) is 5.49. The molecule has 0 fully saturated rings. The van der Waals surface area contributed by atoms with E-state index in [1.54, 1.807) is 41.3 Å². The van der Waals surface area contributed by atoms with E-state index in [2.05, 4.69) is 20.2 Å². The molecule has 32 heavy (non-hydrogen) atoms. The van der Waals surface area contributed by atoms with Gasteiger partial charge in [0.1, 0.15) is 11.4 Å². The smallest absolute Gasteiger partial charge is 0.203 e. The Balaban J connectivity index is 1.54. The zero-order valence-corrected chi connectivity index (χ0v) is 18.3. The summed E-state index contributed by atoms with van der Waals surface area (Å²) in [5.74, 6) is 0.629. The van der Waals surface area contributed by atoms with Crippen molar-refractivity contribution in [1.29, 1.82) is 0 Å². The molecule has 0 saturated heterocycles. The Morgan fingerprint density at radius 3 is 2.66 bits per heavy atom. The number of rotatable bonds is 8. The molecule has 0 aliphatic carbocycles. The fourth-order valence-electron chi connectivity index (χ4n) is 3.28. The first-order valence-electron chi connectivity index (χ1n) is 10.2. The lowest BCUT2D eigenvalue weighted by Gasteiger charge is -2.17. The summed E-state index contributed by atoms with van der Waals surface area (Å²) in [5.41, 5.74) is 3.93. The van der Waals surface area contributed by atoms with Crippen LogP contribution in [-0.4, -0.2) is 56.8 Å². The van der Waals surface area contributed by atoms with Gasteiger partial charge in [-0.2, -0.15) is 10.2 Å². The van der Waals surface area contributed by atoms with Crippen molar-refractivity contribution in [3.05, 3.63) is 82.8 Å². The molecule has 0 radical (unpaired) electrons. The van der Waals surface area contributed by atoms with E-state index in [1.807, 2.05) is 49.5 Å². The third-order valence-corrected chi connectivity index (χ3v) is 5.10. The monoisotopic (exact) mass is 431 g/mol. The largest absolute Gasteiger partial charge is 0.383 e. The number of hydrogen-bond acceptors (Lipinski definition) is 7. The van der Waals surface area contributed by atoms with Crippen LogP contribution in [0.5, 0.6) is 0 Å². The predicted octanol–water partition coefficient (Wildman–Crippen LogP) is 2.10. The number of nitrogens with zero attached hydrogens (tertiary/aromatic N) is 7. The predicted molar refractivity (Wildman–Crippen MR) is 122 cm³/mol. The van der Waals surface area contributed by atoms with Crippen LogP contribution in [0.4, 0.5) is 5.69 Å². The number of aryl methyl sites for hydroxylation is 1. The molecule has 0 amide bonds. The molecule has 4 aromatic rings. The molecule has 0 N–H and O–H groups in total. The van der Waals surface area contributed by atoms with Gasteiger partial charge < -0.3 is 9.64 Å². The van der Waals surface area contributed by atoms with E-state index in [1.165, 1.54) is 6.07 Å². The fourth-order valence-corrected chi connectivity index (χ4v) is 3.28. The molecule has 0 bridgehead atoms. The van der Waals surface area contributed by atoms with Gasteiger partial charge >= 0.3 is 0 Å². The maximum absolute atomic E-state index is 12.4. The lowest BCUT2D eigenvalue weighted by Crippen LogP contribution is -2.22. The summed E-state index contributed by atoms with van der Waals surface area (Å²) in [5, 5.41) is 8.67. The summed E-state index contributed by atoms with van der Waals surface area (Å²) in [6.45, 7) is 1.39. The Morgan fingerprint density at radius 2 is 1.94 bits per heavy atom. The lowest BCUT2D eigenvalue weighted by atomic mass is 10.1. The van der Waals surface area contributed by atoms with E-state index >= 15 is 0 Å². The summed E-state index contributed by atoms with van der Waals surface area (Å²) in [6, 6.07) is 9.39. The van der Waals surface area contributed by atoms with Crippen LogP contribution < -0.4 is 10.3 Å². The quantitative estimate of drug-likeness (QED) is 0.422. The minimum Gasteiger partial charge on any atom is -0.383 e. The fraction of sp³-hybridized carbons (Fsp3) is 0.261. The summed E-state index contributed by atoms with van der Waals surface area (Å²) >= 11 is 0. The second-order valence-corrected chi connectivity index (χ2v) is 7.50. The zero-order chi connectivity index (χ0) is 22.5. The SMILES string of the molecule is COCCN(C)c1cnc(-c2cccc(Cc3nn(-c4cnn(C)c4)ccc3=O)c2)nc1. The van der Waals surface area contributed by atoms with Gasteiger partial charge in [0.2, 0.25) is 5.43 Å². The van der Waals surface area contributed by atoms with Gasteiger partial charge in [0.05, 0.1) is 37.1 Å². The molecule has 4 rings (SSSR count). The van der Waals surface area contributed by atoms with Crippen LogP contribution >= 0.6 is 0 Å². The average Bonchev–Trinajstić information content (AvgIpc) is 3.25. The Hall–Kier alpha value is -3.85. The second kappa shape index (κ2) is 9.52. The van der Waals surface area contributed by atoms with Gasteiger partial charge in [0.25, 0.3) is 0 Å². The molecule has 1 aromatic carbocycles. The molecular weight excluding hydrogens is 406 g/mol. The molecule has 0 saturated carbocycles. The average molecular weight is 432 g/mol. The van der Waals surface area contributed by atoms with Gasteiger partial charge in [0, 0.05) is 52.0 Å². The van der Waals surface area contributed by atoms with Gasteiger partial charge in [-0.3, -0.25) is 9.48 Å². The summed E-state index contributed by atoms with van der Waals surface area (Å²) < 4.78 is 8.47. The van der Waals surface area contributed by atoms with Crippen LogP contribution in [0.3, 0.4) is 0 Å². The van der Waals surface area contributed by atoms with Crippen molar-refractivity contribution in [2.45, 2.75) is 6.42 Å². The van der Waals surface area contributed by atoms with Crippen LogP contribution in [0.15, 0.2) is 66.1 Å². The number of anilines is 1. The highest BCUT2D eigenvalue weighted by Gasteiger charge is 2.09. The highest BCUT2D eigenvalue weighted by molar-refractivity contribution is 5.57. The topological polar surface area (TPSA) is 91.0 Å². The third-order valence-electron chi connectivity index (χ3n) is 5.10. The van der Waals surface area contributed by atoms with Crippen LogP contribution in [0.1, 0.15) is 11.3 Å². The number of ether oxygens (including phenoxy) is 1. The minimum atomic E-state index is -0.102. The van der Waals surface area contributed by atoms with Crippen molar-refractivity contribution < 1.29 is 4.74 Å². The Kier molecular flexibility index (Phi) is 6.37. The highest BCUT2D eigenvalue weighted by Crippen LogP contribution is 2.19. The molecule has 3 heterocycles. The van der Waals surface area contributed by atoms with Crippen molar-refractivity contribution in [3.63, 3.8) is 0 Å². The number of benzene rings is 1. The van der Waals surface area contributed by atoms with Gasteiger partial charge in [-0.25, -0.2) is 14.6 Å². The molecule has 9 nitrogen and oxygen atoms in total. The van der Waals surface area contributed by atoms with E-state index in [0.29, 0.717) is 24.5 Å². The number of methoxy groups -OCH3 is 1. The van der Waals surface area contributed by atoms with E-state index in [-0.39, 0.29) is 5.43 Å². The summed E-state index contributed by atoms with van der Waals surface area (Å²) in [4.78, 5) is 23.5. The van der Waals surface area contributed by atoms with Crippen LogP contribution in [0.2, 0.25) is 0 Å². The van der Waals surface area contributed by atoms with Crippen LogP contribution in [0, 0.1) is 0 Å². The van der Waals surface area contributed by atoms with Crippen LogP contribution in [0.25, 0.3) is 17.1 Å². The van der Waals surface area contributed by atoms with Gasteiger partial charge in [-0.15, -0.1) is 0 Å². The molecule has 0 spiro atoms. The molecule has 0 unspecified atom stereocenters. The Labute approximate surface area is 185 Å². The summed E-state index contributed by atoms with van der Waals surface area (Å²) in [6.07, 6.45) is 9.21. The molecule has 0 aliphatic rings. The van der Waals surface area contributed by atoms with Crippen molar-refractivity contribution in [2.24, 2.45) is 7.05 Å². The standard InChI is InChI=1S/C23H25N7O2/c1-28(9-10-32-3)19-13-24-23(25-14-19)18-6-4-5-17(11-18)12-21-22(31)7-8-30(27-21)20-15-26-29(2)16-20/h4-8,11,13-16H,9-10,12H2,1-3H3. The van der Waals surface area contributed by atoms with Gasteiger partial charge in [0.15, 0.2) is 5.82 Å².